The molecule has 0 aliphatic heterocycles. The zero-order chi connectivity index (χ0) is 14.9. The van der Waals surface area contributed by atoms with Gasteiger partial charge in [0.05, 0.1) is 12.0 Å². The first-order chi connectivity index (χ1) is 10.1. The molecule has 2 nitrogen and oxygen atoms in total. The second kappa shape index (κ2) is 4.99. The molecule has 1 atom stereocenters. The van der Waals surface area contributed by atoms with E-state index in [2.05, 4.69) is 0 Å². The summed E-state index contributed by atoms with van der Waals surface area (Å²) in [5.74, 6) is -0.766. The van der Waals surface area contributed by atoms with E-state index in [1.165, 1.54) is 0 Å². The highest BCUT2D eigenvalue weighted by atomic mass is 19.1. The van der Waals surface area contributed by atoms with Gasteiger partial charge in [0.2, 0.25) is 5.67 Å². The first-order valence-corrected chi connectivity index (χ1v) is 7.12. The zero-order valence-electron chi connectivity index (χ0n) is 11.9. The Morgan fingerprint density at radius 3 is 1.95 bits per heavy atom. The molecule has 0 radical (unpaired) electrons. The van der Waals surface area contributed by atoms with Crippen LogP contribution in [0.5, 0.6) is 0 Å². The lowest BCUT2D eigenvalue weighted by molar-refractivity contribution is -0.151. The Hall–Kier alpha value is -2.16. The Balaban J connectivity index is 2.10. The highest BCUT2D eigenvalue weighted by Crippen LogP contribution is 2.64. The largest absolute Gasteiger partial charge is 0.464 e. The molecule has 108 valence electrons. The average Bonchev–Trinajstić information content (AvgIpc) is 3.18. The van der Waals surface area contributed by atoms with E-state index in [1.807, 2.05) is 60.7 Å². The lowest BCUT2D eigenvalue weighted by Gasteiger charge is -2.20. The van der Waals surface area contributed by atoms with Crippen LogP contribution < -0.4 is 0 Å². The summed E-state index contributed by atoms with van der Waals surface area (Å²) in [6.07, 6.45) is 0.132. The van der Waals surface area contributed by atoms with E-state index in [0.717, 1.165) is 11.1 Å². The summed E-state index contributed by atoms with van der Waals surface area (Å²) in [6.45, 7) is 1.88. The molecule has 3 rings (SSSR count). The Bertz CT molecular complexity index is 599. The first-order valence-electron chi connectivity index (χ1n) is 7.12. The van der Waals surface area contributed by atoms with Crippen molar-refractivity contribution in [1.82, 2.24) is 0 Å². The second-order valence-corrected chi connectivity index (χ2v) is 5.34. The molecule has 2 aromatic carbocycles. The fraction of sp³-hybridized carbons (Fsp3) is 0.278. The molecule has 0 spiro atoms. The van der Waals surface area contributed by atoms with Crippen LogP contribution in [-0.2, 0) is 14.9 Å². The quantitative estimate of drug-likeness (QED) is 0.801. The van der Waals surface area contributed by atoms with Gasteiger partial charge >= 0.3 is 5.97 Å². The summed E-state index contributed by atoms with van der Waals surface area (Å²) in [6, 6.07) is 18.7. The molecule has 21 heavy (non-hydrogen) atoms. The molecule has 0 bridgehead atoms. The summed E-state index contributed by atoms with van der Waals surface area (Å²) in [7, 11) is 0. The Labute approximate surface area is 123 Å². The van der Waals surface area contributed by atoms with Crippen molar-refractivity contribution >= 4 is 5.97 Å². The third-order valence-electron chi connectivity index (χ3n) is 4.19. The standard InChI is InChI=1S/C18H17FO2/c1-2-21-16(20)18(19)13-17(18,14-9-5-3-6-10-14)15-11-7-4-8-12-15/h3-12H,2,13H2,1H3. The highest BCUT2D eigenvalue weighted by Gasteiger charge is 2.76. The highest BCUT2D eigenvalue weighted by molar-refractivity contribution is 5.89. The van der Waals surface area contributed by atoms with Gasteiger partial charge in [0, 0.05) is 6.42 Å². The molecular formula is C18H17FO2. The first kappa shape index (κ1) is 13.8. The van der Waals surface area contributed by atoms with Crippen molar-refractivity contribution in [3.63, 3.8) is 0 Å². The Morgan fingerprint density at radius 1 is 1.05 bits per heavy atom. The van der Waals surface area contributed by atoms with Gasteiger partial charge in [0.1, 0.15) is 0 Å². The normalized spacial score (nSPS) is 22.6. The van der Waals surface area contributed by atoms with E-state index >= 15 is 4.39 Å². The van der Waals surface area contributed by atoms with E-state index in [-0.39, 0.29) is 13.0 Å². The fourth-order valence-electron chi connectivity index (χ4n) is 3.09. The second-order valence-electron chi connectivity index (χ2n) is 5.34. The van der Waals surface area contributed by atoms with Crippen molar-refractivity contribution < 1.29 is 13.9 Å². The molecule has 0 saturated heterocycles. The summed E-state index contributed by atoms with van der Waals surface area (Å²) in [5, 5.41) is 0. The fourth-order valence-corrected chi connectivity index (χ4v) is 3.09. The molecule has 1 unspecified atom stereocenters. The summed E-state index contributed by atoms with van der Waals surface area (Å²) in [4.78, 5) is 12.1. The predicted octanol–water partition coefficient (Wildman–Crippen LogP) is 3.65. The van der Waals surface area contributed by atoms with Gasteiger partial charge in [-0.1, -0.05) is 60.7 Å². The topological polar surface area (TPSA) is 26.3 Å². The van der Waals surface area contributed by atoms with Crippen LogP contribution in [0.3, 0.4) is 0 Å². The van der Waals surface area contributed by atoms with Crippen LogP contribution in [0, 0.1) is 0 Å². The van der Waals surface area contributed by atoms with Crippen molar-refractivity contribution in [1.29, 1.82) is 0 Å². The van der Waals surface area contributed by atoms with Gasteiger partial charge in [-0.3, -0.25) is 0 Å². The van der Waals surface area contributed by atoms with Crippen LogP contribution >= 0.6 is 0 Å². The molecule has 1 fully saturated rings. The smallest absolute Gasteiger partial charge is 0.345 e. The number of hydrogen-bond donors (Lipinski definition) is 0. The van der Waals surface area contributed by atoms with Crippen LogP contribution in [0.4, 0.5) is 4.39 Å². The van der Waals surface area contributed by atoms with E-state index in [9.17, 15) is 4.79 Å². The summed E-state index contributed by atoms with van der Waals surface area (Å²) in [5.41, 5.74) is -1.29. The Kier molecular flexibility index (Phi) is 3.28. The number of carbonyl (C=O) groups is 1. The molecule has 0 aromatic heterocycles. The number of ether oxygens (including phenoxy) is 1. The van der Waals surface area contributed by atoms with Gasteiger partial charge in [-0.05, 0) is 18.1 Å². The third-order valence-corrected chi connectivity index (χ3v) is 4.19. The van der Waals surface area contributed by atoms with Gasteiger partial charge in [0.15, 0.2) is 0 Å². The Morgan fingerprint density at radius 2 is 1.52 bits per heavy atom. The van der Waals surface area contributed by atoms with Gasteiger partial charge in [0.25, 0.3) is 0 Å². The average molecular weight is 284 g/mol. The van der Waals surface area contributed by atoms with Crippen LogP contribution in [-0.4, -0.2) is 18.2 Å². The van der Waals surface area contributed by atoms with Crippen molar-refractivity contribution in [2.24, 2.45) is 0 Å². The van der Waals surface area contributed by atoms with E-state index in [1.54, 1.807) is 6.92 Å². The SMILES string of the molecule is CCOC(=O)C1(F)CC1(c1ccccc1)c1ccccc1. The molecule has 0 heterocycles. The predicted molar refractivity (Wildman–Crippen MR) is 78.8 cm³/mol. The molecule has 1 saturated carbocycles. The van der Waals surface area contributed by atoms with Gasteiger partial charge < -0.3 is 4.74 Å². The van der Waals surface area contributed by atoms with Crippen LogP contribution in [0.1, 0.15) is 24.5 Å². The maximum absolute atomic E-state index is 15.3. The maximum atomic E-state index is 15.3. The molecule has 1 aliphatic carbocycles. The number of carbonyl (C=O) groups excluding carboxylic acids is 1. The minimum absolute atomic E-state index is 0.132. The van der Waals surface area contributed by atoms with Crippen molar-refractivity contribution in [2.75, 3.05) is 6.61 Å². The van der Waals surface area contributed by atoms with Gasteiger partial charge in [-0.15, -0.1) is 0 Å². The molecule has 0 N–H and O–H groups in total. The number of benzene rings is 2. The van der Waals surface area contributed by atoms with Gasteiger partial charge in [-0.25, -0.2) is 9.18 Å². The summed E-state index contributed by atoms with van der Waals surface area (Å²) < 4.78 is 20.3. The third kappa shape index (κ3) is 1.96. The number of rotatable bonds is 4. The minimum Gasteiger partial charge on any atom is -0.464 e. The monoisotopic (exact) mass is 284 g/mol. The molecule has 2 aromatic rings. The molecule has 1 aliphatic rings. The van der Waals surface area contributed by atoms with Gasteiger partial charge in [-0.2, -0.15) is 0 Å². The number of hydrogen-bond acceptors (Lipinski definition) is 2. The van der Waals surface area contributed by atoms with Crippen molar-refractivity contribution in [3.8, 4) is 0 Å². The lowest BCUT2D eigenvalue weighted by Crippen LogP contribution is -2.31. The molecule has 0 amide bonds. The lowest BCUT2D eigenvalue weighted by atomic mass is 9.85. The minimum atomic E-state index is -1.98. The van der Waals surface area contributed by atoms with Crippen molar-refractivity contribution in [3.05, 3.63) is 71.8 Å². The number of alkyl halides is 1. The molecule has 3 heteroatoms. The molecular weight excluding hydrogens is 267 g/mol. The van der Waals surface area contributed by atoms with Crippen LogP contribution in [0.25, 0.3) is 0 Å². The van der Waals surface area contributed by atoms with Crippen LogP contribution in [0.15, 0.2) is 60.7 Å². The van der Waals surface area contributed by atoms with E-state index < -0.39 is 17.1 Å². The van der Waals surface area contributed by atoms with E-state index in [0.29, 0.717) is 0 Å². The number of halogens is 1. The maximum Gasteiger partial charge on any atom is 0.345 e. The van der Waals surface area contributed by atoms with Crippen molar-refractivity contribution in [2.45, 2.75) is 24.4 Å². The zero-order valence-corrected chi connectivity index (χ0v) is 11.9. The summed E-state index contributed by atoms with van der Waals surface area (Å²) >= 11 is 0. The number of esters is 1. The van der Waals surface area contributed by atoms with E-state index in [4.69, 9.17) is 4.74 Å². The van der Waals surface area contributed by atoms with Crippen LogP contribution in [0.2, 0.25) is 0 Å².